The van der Waals surface area contributed by atoms with Crippen LogP contribution in [0.2, 0.25) is 0 Å². The second-order valence-electron chi connectivity index (χ2n) is 7.98. The molecule has 0 saturated heterocycles. The molecule has 0 aliphatic heterocycles. The Kier molecular flexibility index (Phi) is 15.8. The second-order valence-corrected chi connectivity index (χ2v) is 7.98. The molecule has 0 fully saturated rings. The van der Waals surface area contributed by atoms with E-state index in [0.717, 1.165) is 6.42 Å². The summed E-state index contributed by atoms with van der Waals surface area (Å²) in [5, 5.41) is 42.8. The molecule has 0 aromatic heterocycles. The third kappa shape index (κ3) is 15.2. The average molecular weight is 519 g/mol. The van der Waals surface area contributed by atoms with E-state index in [1.165, 1.54) is 0 Å². The highest BCUT2D eigenvalue weighted by molar-refractivity contribution is 5.87. The van der Waals surface area contributed by atoms with Gasteiger partial charge in [-0.05, 0) is 38.6 Å². The van der Waals surface area contributed by atoms with Crippen LogP contribution in [0.3, 0.4) is 0 Å². The minimum Gasteiger partial charge on any atom is -0.481 e. The Labute approximate surface area is 206 Å². The average Bonchev–Trinajstić information content (AvgIpc) is 2.78. The van der Waals surface area contributed by atoms with E-state index in [-0.39, 0.29) is 19.3 Å². The molecule has 0 bridgehead atoms. The van der Waals surface area contributed by atoms with E-state index in [1.807, 2.05) is 0 Å². The molecule has 0 heterocycles. The summed E-state index contributed by atoms with van der Waals surface area (Å²) in [6.45, 7) is 0.478. The van der Waals surface area contributed by atoms with Crippen molar-refractivity contribution in [1.29, 1.82) is 0 Å². The van der Waals surface area contributed by atoms with Crippen LogP contribution < -0.4 is 21.7 Å². The number of nitrogens with two attached hydrogens (primary N) is 1. The van der Waals surface area contributed by atoms with Gasteiger partial charge in [0.15, 0.2) is 0 Å². The fraction of sp³-hybridized carbons (Fsp3) is 0.667. The molecule has 3 unspecified atom stereocenters. The van der Waals surface area contributed by atoms with Crippen molar-refractivity contribution < 1.29 is 54.0 Å². The lowest BCUT2D eigenvalue weighted by Crippen LogP contribution is -2.45. The molecule has 0 aromatic carbocycles. The van der Waals surface area contributed by atoms with Crippen molar-refractivity contribution in [3.8, 4) is 0 Å². The fourth-order valence-corrected chi connectivity index (χ4v) is 3.00. The number of unbranched alkanes of at least 4 members (excludes halogenated alkanes) is 2. The Bertz CT molecular complexity index is 803. The molecule has 3 amide bonds. The zero-order chi connectivity index (χ0) is 27.7. The van der Waals surface area contributed by atoms with Gasteiger partial charge in [-0.1, -0.05) is 6.42 Å². The minimum absolute atomic E-state index is 0.0954. The molecule has 0 radical (unpaired) electrons. The summed E-state index contributed by atoms with van der Waals surface area (Å²) in [6.07, 6.45) is -0.420. The number of hydrogen-bond acceptors (Lipinski definition) is 8. The third-order valence-corrected chi connectivity index (χ3v) is 4.97. The molecule has 15 heteroatoms. The highest BCUT2D eigenvalue weighted by Crippen LogP contribution is 2.05. The number of nitrogens with one attached hydrogen (secondary N) is 3. The molecule has 9 N–H and O–H groups in total. The summed E-state index contributed by atoms with van der Waals surface area (Å²) in [4.78, 5) is 80.5. The number of carboxylic acid groups (broad SMARTS) is 4. The van der Waals surface area contributed by atoms with Gasteiger partial charge in [-0.2, -0.15) is 0 Å². The Balaban J connectivity index is 4.70. The van der Waals surface area contributed by atoms with E-state index in [9.17, 15) is 43.8 Å². The molecule has 0 rings (SSSR count). The predicted octanol–water partition coefficient (Wildman–Crippen LogP) is -1.36. The monoisotopic (exact) mass is 518 g/mol. The van der Waals surface area contributed by atoms with Crippen molar-refractivity contribution in [2.45, 2.75) is 82.3 Å². The highest BCUT2D eigenvalue weighted by Gasteiger charge is 2.26. The summed E-state index contributed by atoms with van der Waals surface area (Å²) in [6, 6.07) is -4.35. The van der Waals surface area contributed by atoms with Crippen molar-refractivity contribution in [3.63, 3.8) is 0 Å². The van der Waals surface area contributed by atoms with E-state index >= 15 is 0 Å². The number of carboxylic acids is 4. The first-order chi connectivity index (χ1) is 16.9. The molecular weight excluding hydrogens is 484 g/mol. The summed E-state index contributed by atoms with van der Waals surface area (Å²) in [5.41, 5.74) is 5.36. The molecule has 0 aromatic rings. The van der Waals surface area contributed by atoms with Crippen LogP contribution in [0.15, 0.2) is 0 Å². The summed E-state index contributed by atoms with van der Waals surface area (Å²) >= 11 is 0. The maximum Gasteiger partial charge on any atom is 0.326 e. The first-order valence-electron chi connectivity index (χ1n) is 11.4. The predicted molar refractivity (Wildman–Crippen MR) is 122 cm³/mol. The van der Waals surface area contributed by atoms with E-state index in [2.05, 4.69) is 16.0 Å². The van der Waals surface area contributed by atoms with Crippen molar-refractivity contribution in [3.05, 3.63) is 0 Å². The summed E-state index contributed by atoms with van der Waals surface area (Å²) in [7, 11) is 0. The van der Waals surface area contributed by atoms with E-state index < -0.39 is 85.4 Å². The maximum atomic E-state index is 12.1. The third-order valence-electron chi connectivity index (χ3n) is 4.97. The molecule has 0 saturated carbocycles. The van der Waals surface area contributed by atoms with Crippen LogP contribution in [0.5, 0.6) is 0 Å². The van der Waals surface area contributed by atoms with Gasteiger partial charge in [-0.15, -0.1) is 0 Å². The first-order valence-corrected chi connectivity index (χ1v) is 11.4. The largest absolute Gasteiger partial charge is 0.481 e. The molecule has 204 valence electrons. The smallest absolute Gasteiger partial charge is 0.326 e. The van der Waals surface area contributed by atoms with Gasteiger partial charge in [0.05, 0.1) is 0 Å². The van der Waals surface area contributed by atoms with Crippen LogP contribution in [-0.4, -0.2) is 86.7 Å². The maximum absolute atomic E-state index is 12.1. The van der Waals surface area contributed by atoms with Crippen LogP contribution in [0.25, 0.3) is 0 Å². The van der Waals surface area contributed by atoms with Crippen molar-refractivity contribution in [2.75, 3.05) is 6.54 Å². The quantitative estimate of drug-likeness (QED) is 0.0868. The number of aliphatic carboxylic acids is 4. The molecule has 3 atom stereocenters. The molecule has 0 aliphatic carbocycles. The Morgan fingerprint density at radius 1 is 0.528 bits per heavy atom. The standard InChI is InChI=1S/C21H34N4O11/c22-11-3-1-2-4-15(26)23-12(19(31)32)5-8-16(27)24-13(20(33)34)6-9-17(28)25-14(21(35)36)7-10-18(29)30/h12-14H,1-11,22H2,(H,23,26)(H,24,27)(H,25,28)(H,29,30)(H,31,32)(H,33,34)(H,35,36). The van der Waals surface area contributed by atoms with Crippen molar-refractivity contribution in [2.24, 2.45) is 5.73 Å². The van der Waals surface area contributed by atoms with Gasteiger partial charge >= 0.3 is 23.9 Å². The van der Waals surface area contributed by atoms with Gasteiger partial charge < -0.3 is 42.1 Å². The Morgan fingerprint density at radius 2 is 0.889 bits per heavy atom. The highest BCUT2D eigenvalue weighted by atomic mass is 16.4. The number of carbonyl (C=O) groups is 7. The lowest BCUT2D eigenvalue weighted by molar-refractivity contribution is -0.144. The normalized spacial score (nSPS) is 13.0. The zero-order valence-corrected chi connectivity index (χ0v) is 19.7. The van der Waals surface area contributed by atoms with Crippen molar-refractivity contribution in [1.82, 2.24) is 16.0 Å². The van der Waals surface area contributed by atoms with Gasteiger partial charge in [-0.25, -0.2) is 14.4 Å². The van der Waals surface area contributed by atoms with E-state index in [1.54, 1.807) is 0 Å². The van der Waals surface area contributed by atoms with Gasteiger partial charge in [0.1, 0.15) is 18.1 Å². The Hall–Kier alpha value is -3.75. The van der Waals surface area contributed by atoms with Gasteiger partial charge in [0.2, 0.25) is 17.7 Å². The molecule has 15 nitrogen and oxygen atoms in total. The lowest BCUT2D eigenvalue weighted by atomic mass is 10.1. The zero-order valence-electron chi connectivity index (χ0n) is 19.7. The lowest BCUT2D eigenvalue weighted by Gasteiger charge is -2.18. The summed E-state index contributed by atoms with van der Waals surface area (Å²) < 4.78 is 0. The number of carbonyl (C=O) groups excluding carboxylic acids is 3. The minimum atomic E-state index is -1.52. The fourth-order valence-electron chi connectivity index (χ4n) is 3.00. The van der Waals surface area contributed by atoms with Crippen molar-refractivity contribution >= 4 is 41.6 Å². The summed E-state index contributed by atoms with van der Waals surface area (Å²) in [5.74, 6) is -7.72. The number of amides is 3. The molecular formula is C21H34N4O11. The SMILES string of the molecule is NCCCCCC(=O)NC(CCC(=O)NC(CCC(=O)NC(CCC(=O)O)C(=O)O)C(=O)O)C(=O)O. The van der Waals surface area contributed by atoms with Crippen LogP contribution in [0, 0.1) is 0 Å². The Morgan fingerprint density at radius 3 is 1.22 bits per heavy atom. The topological polar surface area (TPSA) is 263 Å². The molecule has 0 aliphatic rings. The van der Waals surface area contributed by atoms with E-state index in [4.69, 9.17) is 15.9 Å². The van der Waals surface area contributed by atoms with Crippen LogP contribution in [-0.2, 0) is 33.6 Å². The van der Waals surface area contributed by atoms with Gasteiger partial charge in [0.25, 0.3) is 0 Å². The van der Waals surface area contributed by atoms with E-state index in [0.29, 0.717) is 19.4 Å². The second kappa shape index (κ2) is 17.7. The van der Waals surface area contributed by atoms with Gasteiger partial charge in [-0.3, -0.25) is 19.2 Å². The van der Waals surface area contributed by atoms with Gasteiger partial charge in [0, 0.05) is 25.7 Å². The number of rotatable bonds is 20. The number of hydrogen-bond donors (Lipinski definition) is 8. The molecule has 36 heavy (non-hydrogen) atoms. The molecule has 0 spiro atoms. The van der Waals surface area contributed by atoms with Crippen LogP contribution >= 0.6 is 0 Å². The van der Waals surface area contributed by atoms with Crippen LogP contribution in [0.4, 0.5) is 0 Å². The first kappa shape index (κ1) is 32.2. The van der Waals surface area contributed by atoms with Crippen LogP contribution in [0.1, 0.15) is 64.2 Å².